The van der Waals surface area contributed by atoms with Gasteiger partial charge in [-0.3, -0.25) is 14.3 Å². The van der Waals surface area contributed by atoms with Gasteiger partial charge in [-0.05, 0) is 57.2 Å². The van der Waals surface area contributed by atoms with Crippen molar-refractivity contribution in [3.8, 4) is 0 Å². The number of aliphatic hydroxyl groups is 2. The molecule has 0 spiro atoms. The molecule has 1 aromatic rings. The molecule has 1 aliphatic heterocycles. The Balaban J connectivity index is 2.20. The van der Waals surface area contributed by atoms with E-state index in [1.165, 1.54) is 23.6 Å². The fraction of sp³-hybridized carbons (Fsp3) is 0.769. The van der Waals surface area contributed by atoms with Crippen LogP contribution in [0.5, 0.6) is 0 Å². The van der Waals surface area contributed by atoms with Crippen LogP contribution in [0.15, 0.2) is 34.0 Å². The standard InChI is InChI=1S/C26H45N2O7PS2Si/c1-10-18(17(2)3)11-13-26(7,16-29)38-36(37)33-15-19-22(35-39(8,9)25(4,5)6)21(31)23(34-19)28-14-12-20(30)27-24(28)32/h12,14,18-19,21-23,29,31H,2,10-11,13,15-16H2,1,3-9H3/p+1/t18-,19-,21-,22?,23-,26?/m1/s1. The van der Waals surface area contributed by atoms with Gasteiger partial charge in [0.15, 0.2) is 14.5 Å². The predicted octanol–water partition coefficient (Wildman–Crippen LogP) is 4.84. The van der Waals surface area contributed by atoms with Gasteiger partial charge < -0.3 is 19.4 Å². The molecule has 0 aliphatic carbocycles. The average molecular weight is 622 g/mol. The number of rotatable bonds is 14. The highest BCUT2D eigenvalue weighted by molar-refractivity contribution is 8.63. The number of hydrogen-bond acceptors (Lipinski definition) is 9. The molecule has 1 aliphatic rings. The maximum Gasteiger partial charge on any atom is 0.415 e. The van der Waals surface area contributed by atoms with Crippen LogP contribution in [0.2, 0.25) is 18.1 Å². The van der Waals surface area contributed by atoms with Gasteiger partial charge in [-0.15, -0.1) is 0 Å². The number of aromatic amines is 1. The Morgan fingerprint density at radius 2 is 2.00 bits per heavy atom. The van der Waals surface area contributed by atoms with Crippen LogP contribution < -0.4 is 11.2 Å². The summed E-state index contributed by atoms with van der Waals surface area (Å²) in [6.45, 7) is 20.7. The highest BCUT2D eigenvalue weighted by atomic mass is 32.9. The molecule has 0 saturated carbocycles. The molecule has 0 amide bonds. The first kappa shape index (κ1) is 34.5. The summed E-state index contributed by atoms with van der Waals surface area (Å²) < 4.78 is 19.5. The maximum absolute atomic E-state index is 12.5. The quantitative estimate of drug-likeness (QED) is 0.152. The van der Waals surface area contributed by atoms with Gasteiger partial charge in [0.05, 0.1) is 11.4 Å². The van der Waals surface area contributed by atoms with Crippen molar-refractivity contribution in [1.82, 2.24) is 9.55 Å². The zero-order chi connectivity index (χ0) is 29.8. The van der Waals surface area contributed by atoms with Crippen molar-refractivity contribution in [3.63, 3.8) is 0 Å². The molecule has 2 rings (SSSR count). The highest BCUT2D eigenvalue weighted by Crippen LogP contribution is 2.51. The van der Waals surface area contributed by atoms with Crippen molar-refractivity contribution in [3.05, 3.63) is 45.3 Å². The summed E-state index contributed by atoms with van der Waals surface area (Å²) in [4.78, 5) is 26.2. The molecule has 13 heteroatoms. The summed E-state index contributed by atoms with van der Waals surface area (Å²) in [6.07, 6.45) is -1.12. The lowest BCUT2D eigenvalue weighted by atomic mass is 9.90. The van der Waals surface area contributed by atoms with E-state index < -0.39 is 55.0 Å². The molecular weight excluding hydrogens is 575 g/mol. The minimum absolute atomic E-state index is 0.0317. The fourth-order valence-corrected chi connectivity index (χ4v) is 10.1. The van der Waals surface area contributed by atoms with E-state index in [-0.39, 0.29) is 18.3 Å². The molecule has 1 fully saturated rings. The fourth-order valence-electron chi connectivity index (χ4n) is 4.15. The van der Waals surface area contributed by atoms with Crippen LogP contribution in [-0.2, 0) is 25.5 Å². The van der Waals surface area contributed by atoms with E-state index in [1.54, 1.807) is 0 Å². The minimum Gasteiger partial charge on any atom is -0.408 e. The Kier molecular flexibility index (Phi) is 12.4. The van der Waals surface area contributed by atoms with Crippen molar-refractivity contribution in [2.75, 3.05) is 13.2 Å². The molecule has 0 bridgehead atoms. The number of aromatic nitrogens is 2. The summed E-state index contributed by atoms with van der Waals surface area (Å²) in [5, 5.41) is 21.3. The van der Waals surface area contributed by atoms with Crippen molar-refractivity contribution in [1.29, 1.82) is 0 Å². The second-order valence-electron chi connectivity index (χ2n) is 12.1. The van der Waals surface area contributed by atoms with E-state index in [9.17, 15) is 19.8 Å². The topological polar surface area (TPSA) is 123 Å². The summed E-state index contributed by atoms with van der Waals surface area (Å²) in [6, 6.07) is 1.21. The minimum atomic E-state index is -2.35. The molecule has 1 aromatic heterocycles. The van der Waals surface area contributed by atoms with E-state index in [0.29, 0.717) is 5.92 Å². The van der Waals surface area contributed by atoms with Crippen LogP contribution >= 0.6 is 17.5 Å². The number of aliphatic hydroxyl groups excluding tert-OH is 2. The molecule has 1 saturated heterocycles. The van der Waals surface area contributed by atoms with Crippen molar-refractivity contribution in [2.24, 2.45) is 5.92 Å². The van der Waals surface area contributed by atoms with Crippen LogP contribution in [0.3, 0.4) is 0 Å². The molecule has 7 atom stereocenters. The van der Waals surface area contributed by atoms with Crippen LogP contribution in [0.25, 0.3) is 0 Å². The SMILES string of the molecule is C=C(C)[C@H](CC)CCC(C)(CO)S[P+](=S)OC[C@H]1O[C@@H](n2ccc(=O)[nH]c2=O)[C@H](O)C1O[Si](C)(C)C(C)(C)C. The number of nitrogens with zero attached hydrogens (tertiary/aromatic N) is 1. The van der Waals surface area contributed by atoms with Gasteiger partial charge >= 0.3 is 11.8 Å². The lowest BCUT2D eigenvalue weighted by molar-refractivity contribution is -0.0498. The van der Waals surface area contributed by atoms with Gasteiger partial charge in [-0.2, -0.15) is 4.52 Å². The van der Waals surface area contributed by atoms with E-state index in [2.05, 4.69) is 52.4 Å². The Hall–Kier alpha value is -0.693. The van der Waals surface area contributed by atoms with E-state index in [4.69, 9.17) is 25.5 Å². The van der Waals surface area contributed by atoms with Crippen LogP contribution in [0.4, 0.5) is 0 Å². The highest BCUT2D eigenvalue weighted by Gasteiger charge is 2.51. The van der Waals surface area contributed by atoms with Gasteiger partial charge in [0, 0.05) is 12.3 Å². The maximum atomic E-state index is 12.5. The smallest absolute Gasteiger partial charge is 0.408 e. The first-order chi connectivity index (χ1) is 17.9. The third-order valence-electron chi connectivity index (χ3n) is 7.86. The third kappa shape index (κ3) is 9.15. The first-order valence-corrected chi connectivity index (χ1v) is 19.9. The Morgan fingerprint density at radius 1 is 1.36 bits per heavy atom. The first-order valence-electron chi connectivity index (χ1n) is 13.3. The Bertz CT molecular complexity index is 1120. The number of nitrogens with one attached hydrogen (secondary N) is 1. The van der Waals surface area contributed by atoms with Gasteiger partial charge in [0.1, 0.15) is 36.3 Å². The average Bonchev–Trinajstić information content (AvgIpc) is 3.11. The second kappa shape index (κ2) is 14.0. The van der Waals surface area contributed by atoms with E-state index in [0.717, 1.165) is 29.4 Å². The molecule has 3 N–H and O–H groups in total. The molecule has 0 radical (unpaired) electrons. The third-order valence-corrected chi connectivity index (χ3v) is 16.7. The Labute approximate surface area is 243 Å². The summed E-state index contributed by atoms with van der Waals surface area (Å²) in [5.74, 6) is 0.392. The zero-order valence-corrected chi connectivity index (χ0v) is 28.0. The van der Waals surface area contributed by atoms with Crippen molar-refractivity contribution in [2.45, 2.75) is 108 Å². The zero-order valence-electron chi connectivity index (χ0n) is 24.4. The molecular formula is C26H46N2O7PS2Si+. The van der Waals surface area contributed by atoms with Gasteiger partial charge in [-0.1, -0.05) is 39.8 Å². The van der Waals surface area contributed by atoms with Crippen LogP contribution in [0, 0.1) is 5.92 Å². The number of allylic oxidation sites excluding steroid dienone is 1. The molecule has 222 valence electrons. The molecule has 9 nitrogen and oxygen atoms in total. The largest absolute Gasteiger partial charge is 0.415 e. The summed E-state index contributed by atoms with van der Waals surface area (Å²) >= 11 is 7.12. The van der Waals surface area contributed by atoms with Crippen molar-refractivity contribution >= 4 is 37.6 Å². The van der Waals surface area contributed by atoms with Crippen molar-refractivity contribution < 1.29 is 23.9 Å². The van der Waals surface area contributed by atoms with Crippen LogP contribution in [0.1, 0.15) is 67.0 Å². The van der Waals surface area contributed by atoms with E-state index in [1.807, 2.05) is 13.8 Å². The molecule has 2 heterocycles. The van der Waals surface area contributed by atoms with Gasteiger partial charge in [0.2, 0.25) is 11.8 Å². The number of hydrogen-bond donors (Lipinski definition) is 3. The van der Waals surface area contributed by atoms with Gasteiger partial charge in [0.25, 0.3) is 5.56 Å². The summed E-state index contributed by atoms with van der Waals surface area (Å²) in [7, 11) is -2.35. The molecule has 3 unspecified atom stereocenters. The predicted molar refractivity (Wildman–Crippen MR) is 164 cm³/mol. The van der Waals surface area contributed by atoms with E-state index >= 15 is 0 Å². The monoisotopic (exact) mass is 621 g/mol. The summed E-state index contributed by atoms with van der Waals surface area (Å²) in [5.41, 5.74) is -0.0772. The Morgan fingerprint density at radius 3 is 2.51 bits per heavy atom. The number of ether oxygens (including phenoxy) is 1. The lowest BCUT2D eigenvalue weighted by Crippen LogP contribution is -2.50. The number of H-pyrrole nitrogens is 1. The van der Waals surface area contributed by atoms with Gasteiger partial charge in [-0.25, -0.2) is 4.79 Å². The molecule has 39 heavy (non-hydrogen) atoms. The second-order valence-corrected chi connectivity index (χ2v) is 22.0. The normalized spacial score (nSPS) is 24.8. The van der Waals surface area contributed by atoms with Crippen LogP contribution in [-0.4, -0.2) is 64.4 Å². The lowest BCUT2D eigenvalue weighted by Gasteiger charge is -2.39. The molecule has 0 aromatic carbocycles.